The Balaban J connectivity index is 1.47. The van der Waals surface area contributed by atoms with E-state index in [1.807, 2.05) is 78.9 Å². The molecular weight excluding hydrogens is 404 g/mol. The van der Waals surface area contributed by atoms with Crippen molar-refractivity contribution in [3.05, 3.63) is 120 Å². The first-order valence-electron chi connectivity index (χ1n) is 10.1. The van der Waals surface area contributed by atoms with E-state index in [0.29, 0.717) is 24.7 Å². The zero-order valence-electron chi connectivity index (χ0n) is 17.3. The summed E-state index contributed by atoms with van der Waals surface area (Å²) in [5, 5.41) is 4.00. The molecule has 1 heterocycles. The Labute approximate surface area is 186 Å². The molecule has 0 aliphatic heterocycles. The third-order valence-electron chi connectivity index (χ3n) is 4.57. The van der Waals surface area contributed by atoms with Crippen LogP contribution in [0.1, 0.15) is 27.2 Å². The van der Waals surface area contributed by atoms with Crippen molar-refractivity contribution in [2.75, 3.05) is 0 Å². The second-order valence-corrected chi connectivity index (χ2v) is 6.93. The summed E-state index contributed by atoms with van der Waals surface area (Å²) in [6.45, 7) is 0.827. The normalized spacial score (nSPS) is 10.8. The molecule has 0 unspecified atom stereocenters. The third kappa shape index (κ3) is 5.86. The first-order valence-corrected chi connectivity index (χ1v) is 10.1. The molecule has 1 aromatic heterocycles. The number of benzene rings is 3. The lowest BCUT2D eigenvalue weighted by Crippen LogP contribution is -2.16. The molecule has 0 radical (unpaired) electrons. The number of hydrogen-bond donors (Lipinski definition) is 1. The van der Waals surface area contributed by atoms with E-state index in [-0.39, 0.29) is 5.76 Å². The highest BCUT2D eigenvalue weighted by Crippen LogP contribution is 2.29. The molecule has 1 N–H and O–H groups in total. The lowest BCUT2D eigenvalue weighted by atomic mass is 10.2. The van der Waals surface area contributed by atoms with Gasteiger partial charge in [0.15, 0.2) is 17.3 Å². The molecule has 6 nitrogen and oxygen atoms in total. The molecule has 0 atom stereocenters. The molecule has 1 amide bonds. The van der Waals surface area contributed by atoms with Crippen molar-refractivity contribution in [3.63, 3.8) is 0 Å². The largest absolute Gasteiger partial charge is 0.485 e. The van der Waals surface area contributed by atoms with Crippen molar-refractivity contribution in [3.8, 4) is 11.5 Å². The predicted octanol–water partition coefficient (Wildman–Crippen LogP) is 5.20. The summed E-state index contributed by atoms with van der Waals surface area (Å²) in [7, 11) is 0. The van der Waals surface area contributed by atoms with E-state index in [4.69, 9.17) is 13.9 Å². The maximum Gasteiger partial charge on any atom is 0.307 e. The Kier molecular flexibility index (Phi) is 6.95. The van der Waals surface area contributed by atoms with Crippen molar-refractivity contribution in [1.82, 2.24) is 5.43 Å². The molecule has 4 aromatic rings. The Morgan fingerprint density at radius 1 is 0.812 bits per heavy atom. The molecule has 0 saturated carbocycles. The molecule has 160 valence electrons. The third-order valence-corrected chi connectivity index (χ3v) is 4.57. The summed E-state index contributed by atoms with van der Waals surface area (Å²) in [4.78, 5) is 11.9. The van der Waals surface area contributed by atoms with E-state index in [0.717, 1.165) is 16.7 Å². The van der Waals surface area contributed by atoms with Crippen molar-refractivity contribution >= 4 is 12.1 Å². The number of hydrazone groups is 1. The molecule has 32 heavy (non-hydrogen) atoms. The van der Waals surface area contributed by atoms with E-state index < -0.39 is 5.91 Å². The van der Waals surface area contributed by atoms with Crippen LogP contribution in [0, 0.1) is 0 Å². The van der Waals surface area contributed by atoms with Crippen molar-refractivity contribution in [1.29, 1.82) is 0 Å². The number of nitrogens with zero attached hydrogens (tertiary/aromatic N) is 1. The number of nitrogens with one attached hydrogen (secondary N) is 1. The molecule has 0 aliphatic carbocycles. The fourth-order valence-electron chi connectivity index (χ4n) is 2.94. The zero-order chi connectivity index (χ0) is 22.0. The highest BCUT2D eigenvalue weighted by molar-refractivity contribution is 5.92. The molecule has 0 spiro atoms. The summed E-state index contributed by atoms with van der Waals surface area (Å²) < 4.78 is 17.1. The number of amides is 1. The van der Waals surface area contributed by atoms with Gasteiger partial charge in [0.25, 0.3) is 0 Å². The molecule has 6 heteroatoms. The van der Waals surface area contributed by atoms with Gasteiger partial charge in [0.05, 0.1) is 12.5 Å². The summed E-state index contributed by atoms with van der Waals surface area (Å²) in [6, 6.07) is 28.5. The van der Waals surface area contributed by atoms with Crippen LogP contribution in [0.4, 0.5) is 0 Å². The second-order valence-electron chi connectivity index (χ2n) is 6.93. The van der Waals surface area contributed by atoms with Crippen LogP contribution in [0.25, 0.3) is 0 Å². The van der Waals surface area contributed by atoms with Gasteiger partial charge in [-0.25, -0.2) is 5.43 Å². The molecule has 0 aliphatic rings. The molecule has 4 rings (SSSR count). The standard InChI is InChI=1S/C26H22N2O4/c29-26(24-12-7-15-30-24)28-27-17-22-13-14-23(31-18-20-8-3-1-4-9-20)25(16-22)32-19-21-10-5-2-6-11-21/h1-17H,18-19H2,(H,28,29)/b27-17+. The van der Waals surface area contributed by atoms with Crippen LogP contribution >= 0.6 is 0 Å². The van der Waals surface area contributed by atoms with Gasteiger partial charge in [0.1, 0.15) is 13.2 Å². The van der Waals surface area contributed by atoms with Gasteiger partial charge in [-0.2, -0.15) is 5.10 Å². The van der Waals surface area contributed by atoms with E-state index >= 15 is 0 Å². The van der Waals surface area contributed by atoms with Crippen molar-refractivity contribution in [2.24, 2.45) is 5.10 Å². The van der Waals surface area contributed by atoms with Crippen LogP contribution in [-0.4, -0.2) is 12.1 Å². The minimum atomic E-state index is -0.422. The minimum Gasteiger partial charge on any atom is -0.485 e. The topological polar surface area (TPSA) is 73.1 Å². The van der Waals surface area contributed by atoms with Gasteiger partial charge in [0.2, 0.25) is 0 Å². The van der Waals surface area contributed by atoms with Gasteiger partial charge in [0, 0.05) is 0 Å². The SMILES string of the molecule is O=C(N/N=C/c1ccc(OCc2ccccc2)c(OCc2ccccc2)c1)c1ccco1. The van der Waals surface area contributed by atoms with Gasteiger partial charge in [-0.3, -0.25) is 4.79 Å². The number of furan rings is 1. The van der Waals surface area contributed by atoms with Gasteiger partial charge in [-0.15, -0.1) is 0 Å². The van der Waals surface area contributed by atoms with Crippen LogP contribution in [0.2, 0.25) is 0 Å². The average Bonchev–Trinajstić information content (AvgIpc) is 3.39. The van der Waals surface area contributed by atoms with Gasteiger partial charge in [-0.05, 0) is 47.0 Å². The Morgan fingerprint density at radius 3 is 2.09 bits per heavy atom. The summed E-state index contributed by atoms with van der Waals surface area (Å²) in [5.74, 6) is 0.987. The van der Waals surface area contributed by atoms with E-state index in [9.17, 15) is 4.79 Å². The van der Waals surface area contributed by atoms with Gasteiger partial charge >= 0.3 is 5.91 Å². The zero-order valence-corrected chi connectivity index (χ0v) is 17.3. The fourth-order valence-corrected chi connectivity index (χ4v) is 2.94. The monoisotopic (exact) mass is 426 g/mol. The quantitative estimate of drug-likeness (QED) is 0.295. The number of rotatable bonds is 9. The van der Waals surface area contributed by atoms with Crippen molar-refractivity contribution < 1.29 is 18.7 Å². The summed E-state index contributed by atoms with van der Waals surface area (Å²) in [6.07, 6.45) is 2.97. The Bertz CT molecular complexity index is 1160. The lowest BCUT2D eigenvalue weighted by Gasteiger charge is -2.14. The highest BCUT2D eigenvalue weighted by atomic mass is 16.5. The van der Waals surface area contributed by atoms with E-state index in [1.54, 1.807) is 12.1 Å². The molecule has 0 fully saturated rings. The number of hydrogen-bond acceptors (Lipinski definition) is 5. The number of carbonyl (C=O) groups is 1. The van der Waals surface area contributed by atoms with Crippen LogP contribution in [0.5, 0.6) is 11.5 Å². The van der Waals surface area contributed by atoms with E-state index in [1.165, 1.54) is 12.5 Å². The average molecular weight is 426 g/mol. The molecule has 0 saturated heterocycles. The van der Waals surface area contributed by atoms with Crippen LogP contribution < -0.4 is 14.9 Å². The van der Waals surface area contributed by atoms with Gasteiger partial charge in [-0.1, -0.05) is 60.7 Å². The van der Waals surface area contributed by atoms with Crippen LogP contribution in [-0.2, 0) is 13.2 Å². The van der Waals surface area contributed by atoms with E-state index in [2.05, 4.69) is 10.5 Å². The van der Waals surface area contributed by atoms with Crippen LogP contribution in [0.15, 0.2) is 107 Å². The van der Waals surface area contributed by atoms with Crippen LogP contribution in [0.3, 0.4) is 0 Å². The fraction of sp³-hybridized carbons (Fsp3) is 0.0769. The summed E-state index contributed by atoms with van der Waals surface area (Å²) in [5.41, 5.74) is 5.30. The molecule has 3 aromatic carbocycles. The Morgan fingerprint density at radius 2 is 1.47 bits per heavy atom. The number of carbonyl (C=O) groups excluding carboxylic acids is 1. The lowest BCUT2D eigenvalue weighted by molar-refractivity contribution is 0.0927. The minimum absolute atomic E-state index is 0.193. The maximum atomic E-state index is 11.9. The first-order chi connectivity index (χ1) is 15.8. The second kappa shape index (κ2) is 10.6. The summed E-state index contributed by atoms with van der Waals surface area (Å²) >= 11 is 0. The highest BCUT2D eigenvalue weighted by Gasteiger charge is 2.09. The predicted molar refractivity (Wildman–Crippen MR) is 122 cm³/mol. The number of ether oxygens (including phenoxy) is 2. The molecular formula is C26H22N2O4. The first kappa shape index (κ1) is 20.9. The molecule has 0 bridgehead atoms. The van der Waals surface area contributed by atoms with Crippen molar-refractivity contribution in [2.45, 2.75) is 13.2 Å². The van der Waals surface area contributed by atoms with Gasteiger partial charge < -0.3 is 13.9 Å². The maximum absolute atomic E-state index is 11.9. The smallest absolute Gasteiger partial charge is 0.307 e. The Hall–Kier alpha value is -4.32.